The maximum absolute atomic E-state index is 11.1. The van der Waals surface area contributed by atoms with E-state index in [1.165, 1.54) is 12.3 Å². The van der Waals surface area contributed by atoms with E-state index in [1.807, 2.05) is 11.5 Å². The lowest BCUT2D eigenvalue weighted by atomic mass is 10.0. The molecule has 2 aromatic heterocycles. The summed E-state index contributed by atoms with van der Waals surface area (Å²) in [5.41, 5.74) is 6.01. The van der Waals surface area contributed by atoms with E-state index in [1.54, 1.807) is 25.4 Å². The highest BCUT2D eigenvalue weighted by atomic mass is 16.6. The molecule has 3 N–H and O–H groups in total. The molecule has 2 aromatic rings. The minimum absolute atomic E-state index is 0.153. The predicted molar refractivity (Wildman–Crippen MR) is 96.2 cm³/mol. The Bertz CT molecular complexity index is 817. The van der Waals surface area contributed by atoms with E-state index in [9.17, 15) is 9.90 Å². The first-order valence-electron chi connectivity index (χ1n) is 8.00. The number of imidazole rings is 1. The molecule has 0 saturated heterocycles. The Morgan fingerprint density at radius 2 is 2.23 bits per heavy atom. The number of hydrogen-bond donors (Lipinski definition) is 2. The molecule has 8 heteroatoms. The molecule has 0 bridgehead atoms. The lowest BCUT2D eigenvalue weighted by Crippen LogP contribution is -2.23. The summed E-state index contributed by atoms with van der Waals surface area (Å²) in [5, 5.41) is 13.3. The number of aliphatic hydroxyl groups is 1. The second kappa shape index (κ2) is 8.78. The van der Waals surface area contributed by atoms with Crippen LogP contribution < -0.4 is 5.73 Å². The van der Waals surface area contributed by atoms with Gasteiger partial charge < -0.3 is 20.2 Å². The lowest BCUT2D eigenvalue weighted by Gasteiger charge is -2.23. The quantitative estimate of drug-likeness (QED) is 0.441. The monoisotopic (exact) mass is 355 g/mol. The number of pyridine rings is 1. The van der Waals surface area contributed by atoms with Gasteiger partial charge in [-0.2, -0.15) is 0 Å². The van der Waals surface area contributed by atoms with Crippen LogP contribution in [0.3, 0.4) is 0 Å². The molecule has 0 radical (unpaired) electrons. The zero-order chi connectivity index (χ0) is 19.1. The Kier molecular flexibility index (Phi) is 6.47. The Morgan fingerprint density at radius 1 is 1.46 bits per heavy atom. The number of hydrogen-bond acceptors (Lipinski definition) is 6. The minimum atomic E-state index is -0.727. The first-order chi connectivity index (χ1) is 12.4. The molecule has 136 valence electrons. The molecular formula is C18H21N5O3. The molecule has 0 fully saturated rings. The van der Waals surface area contributed by atoms with Gasteiger partial charge in [0.05, 0.1) is 6.04 Å². The Hall–Kier alpha value is -3.18. The van der Waals surface area contributed by atoms with Crippen molar-refractivity contribution in [2.24, 2.45) is 16.8 Å². The van der Waals surface area contributed by atoms with Crippen LogP contribution in [0.25, 0.3) is 0 Å². The van der Waals surface area contributed by atoms with Gasteiger partial charge in [0, 0.05) is 36.8 Å². The average molecular weight is 355 g/mol. The van der Waals surface area contributed by atoms with E-state index in [0.29, 0.717) is 11.4 Å². The maximum atomic E-state index is 11.1. The summed E-state index contributed by atoms with van der Waals surface area (Å²) in [6.07, 6.45) is 4.15. The lowest BCUT2D eigenvalue weighted by molar-refractivity contribution is 0.0943. The van der Waals surface area contributed by atoms with Crippen molar-refractivity contribution in [2.75, 3.05) is 6.61 Å². The van der Waals surface area contributed by atoms with E-state index in [-0.39, 0.29) is 24.3 Å². The minimum Gasteiger partial charge on any atom is -0.394 e. The highest BCUT2D eigenvalue weighted by molar-refractivity contribution is 5.90. The molecule has 1 unspecified atom stereocenters. The summed E-state index contributed by atoms with van der Waals surface area (Å²) in [6.45, 7) is 7.12. The van der Waals surface area contributed by atoms with E-state index in [4.69, 9.17) is 10.6 Å². The molecule has 1 amide bonds. The summed E-state index contributed by atoms with van der Waals surface area (Å²) in [5.74, 6) is 5.93. The first kappa shape index (κ1) is 19.1. The summed E-state index contributed by atoms with van der Waals surface area (Å²) in [6, 6.07) is 2.99. The fraction of sp³-hybridized carbons (Fsp3) is 0.333. The molecule has 2 heterocycles. The van der Waals surface area contributed by atoms with Gasteiger partial charge in [-0.25, -0.2) is 9.97 Å². The molecule has 0 spiro atoms. The zero-order valence-corrected chi connectivity index (χ0v) is 14.7. The number of aromatic nitrogens is 3. The van der Waals surface area contributed by atoms with E-state index in [0.717, 1.165) is 0 Å². The molecule has 26 heavy (non-hydrogen) atoms. The van der Waals surface area contributed by atoms with Gasteiger partial charge in [0.1, 0.15) is 24.2 Å². The summed E-state index contributed by atoms with van der Waals surface area (Å²) in [4.78, 5) is 24.3. The number of oxime groups is 1. The standard InChI is InChI=1S/C18H21N5O3/c1-12(4-5-14-6-7-15(17(19)25)22-10-14)16(11-26-20-3)23-9-8-21-18(23)13(2)24/h6-10,12-13,16,24H,3,11H2,1-2H3,(H2,19,25)/t12-,13+,16?/m1/s1. The third kappa shape index (κ3) is 4.68. The largest absolute Gasteiger partial charge is 0.394 e. The number of nitrogens with zero attached hydrogens (tertiary/aromatic N) is 4. The fourth-order valence-corrected chi connectivity index (χ4v) is 2.43. The predicted octanol–water partition coefficient (Wildman–Crippen LogP) is 1.29. The van der Waals surface area contributed by atoms with Crippen LogP contribution in [0, 0.1) is 17.8 Å². The highest BCUT2D eigenvalue weighted by Gasteiger charge is 2.23. The van der Waals surface area contributed by atoms with Crippen molar-refractivity contribution in [1.29, 1.82) is 0 Å². The van der Waals surface area contributed by atoms with Crippen LogP contribution in [0.5, 0.6) is 0 Å². The van der Waals surface area contributed by atoms with Crippen LogP contribution >= 0.6 is 0 Å². The number of carbonyl (C=O) groups is 1. The second-order valence-electron chi connectivity index (χ2n) is 5.72. The molecule has 0 saturated carbocycles. The van der Waals surface area contributed by atoms with Crippen LogP contribution in [0.2, 0.25) is 0 Å². The van der Waals surface area contributed by atoms with Gasteiger partial charge in [-0.05, 0) is 26.0 Å². The number of rotatable bonds is 7. The first-order valence-corrected chi connectivity index (χ1v) is 8.00. The summed E-state index contributed by atoms with van der Waals surface area (Å²) >= 11 is 0. The van der Waals surface area contributed by atoms with Crippen LogP contribution in [-0.4, -0.2) is 38.9 Å². The molecule has 3 atom stereocenters. The summed E-state index contributed by atoms with van der Waals surface area (Å²) in [7, 11) is 0. The Labute approximate surface area is 151 Å². The Balaban J connectivity index is 2.24. The number of carbonyl (C=O) groups excluding carboxylic acids is 1. The summed E-state index contributed by atoms with van der Waals surface area (Å²) < 4.78 is 1.82. The highest BCUT2D eigenvalue weighted by Crippen LogP contribution is 2.23. The molecule has 0 aromatic carbocycles. The molecule has 2 rings (SSSR count). The van der Waals surface area contributed by atoms with Crippen molar-refractivity contribution >= 4 is 12.6 Å². The van der Waals surface area contributed by atoms with E-state index in [2.05, 4.69) is 33.7 Å². The normalized spacial score (nSPS) is 13.8. The van der Waals surface area contributed by atoms with Crippen LogP contribution in [0.4, 0.5) is 0 Å². The second-order valence-corrected chi connectivity index (χ2v) is 5.72. The number of aliphatic hydroxyl groups excluding tert-OH is 1. The van der Waals surface area contributed by atoms with Gasteiger partial charge in [-0.1, -0.05) is 11.8 Å². The van der Waals surface area contributed by atoms with E-state index >= 15 is 0 Å². The molecule has 0 aliphatic carbocycles. The number of primary amides is 1. The van der Waals surface area contributed by atoms with Crippen LogP contribution in [0.1, 0.15) is 47.9 Å². The van der Waals surface area contributed by atoms with Gasteiger partial charge in [-0.3, -0.25) is 4.79 Å². The zero-order valence-electron chi connectivity index (χ0n) is 14.7. The van der Waals surface area contributed by atoms with Crippen molar-refractivity contribution in [3.05, 3.63) is 47.8 Å². The van der Waals surface area contributed by atoms with Crippen molar-refractivity contribution in [1.82, 2.24) is 14.5 Å². The van der Waals surface area contributed by atoms with Gasteiger partial charge in [0.25, 0.3) is 5.91 Å². The number of nitrogens with two attached hydrogens (primary N) is 1. The van der Waals surface area contributed by atoms with E-state index < -0.39 is 12.0 Å². The molecular weight excluding hydrogens is 334 g/mol. The average Bonchev–Trinajstić information content (AvgIpc) is 3.10. The molecule has 8 nitrogen and oxygen atoms in total. The topological polar surface area (TPSA) is 116 Å². The van der Waals surface area contributed by atoms with Gasteiger partial charge in [-0.15, -0.1) is 5.16 Å². The van der Waals surface area contributed by atoms with Crippen molar-refractivity contribution in [2.45, 2.75) is 26.0 Å². The van der Waals surface area contributed by atoms with Gasteiger partial charge >= 0.3 is 0 Å². The van der Waals surface area contributed by atoms with Crippen molar-refractivity contribution < 1.29 is 14.7 Å². The van der Waals surface area contributed by atoms with Crippen LogP contribution in [-0.2, 0) is 4.84 Å². The van der Waals surface area contributed by atoms with Crippen LogP contribution in [0.15, 0.2) is 35.9 Å². The fourth-order valence-electron chi connectivity index (χ4n) is 2.43. The number of amides is 1. The van der Waals surface area contributed by atoms with Crippen molar-refractivity contribution in [3.63, 3.8) is 0 Å². The van der Waals surface area contributed by atoms with Crippen molar-refractivity contribution in [3.8, 4) is 11.8 Å². The molecule has 0 aliphatic heterocycles. The smallest absolute Gasteiger partial charge is 0.267 e. The Morgan fingerprint density at radius 3 is 2.81 bits per heavy atom. The third-order valence-corrected chi connectivity index (χ3v) is 3.80. The molecule has 0 aliphatic rings. The van der Waals surface area contributed by atoms with Gasteiger partial charge in [0.15, 0.2) is 0 Å². The third-order valence-electron chi connectivity index (χ3n) is 3.80. The SMILES string of the molecule is C=NOCC([C@H](C)C#Cc1ccc(C(N)=O)nc1)n1ccnc1[C@H](C)O. The maximum Gasteiger partial charge on any atom is 0.267 e. The van der Waals surface area contributed by atoms with Gasteiger partial charge in [0.2, 0.25) is 0 Å².